The number of nitrogens with one attached hydrogen (secondary N) is 2. The zero-order valence-electron chi connectivity index (χ0n) is 18.7. The van der Waals surface area contributed by atoms with Gasteiger partial charge >= 0.3 is 0 Å². The van der Waals surface area contributed by atoms with Crippen LogP contribution in [-0.2, 0) is 11.2 Å². The molecule has 5 nitrogen and oxygen atoms in total. The molecular weight excluding hydrogens is 487 g/mol. The summed E-state index contributed by atoms with van der Waals surface area (Å²) in [6, 6.07) is 10.8. The van der Waals surface area contributed by atoms with Gasteiger partial charge in [0.15, 0.2) is 5.96 Å². The first-order chi connectivity index (χ1) is 14.3. The number of rotatable bonds is 10. The Bertz CT molecular complexity index is 592. The number of ether oxygens (including phenoxy) is 1. The molecule has 0 bridgehead atoms. The largest absolute Gasteiger partial charge is 0.378 e. The molecule has 1 atom stereocenters. The van der Waals surface area contributed by atoms with Crippen LogP contribution < -0.4 is 10.6 Å². The summed E-state index contributed by atoms with van der Waals surface area (Å²) < 4.78 is 6.00. The number of hydrogen-bond acceptors (Lipinski definition) is 3. The minimum Gasteiger partial charge on any atom is -0.378 e. The normalized spacial score (nSPS) is 20.7. The molecule has 1 aliphatic heterocycles. The van der Waals surface area contributed by atoms with E-state index in [0.29, 0.717) is 12.0 Å². The van der Waals surface area contributed by atoms with Crippen LogP contribution in [0.1, 0.15) is 50.5 Å². The molecule has 0 radical (unpaired) electrons. The van der Waals surface area contributed by atoms with Crippen LogP contribution in [0.25, 0.3) is 0 Å². The number of aliphatic imine (C=N–C) groups is 1. The van der Waals surface area contributed by atoms with Gasteiger partial charge in [-0.15, -0.1) is 24.0 Å². The highest BCUT2D eigenvalue weighted by Gasteiger charge is 2.22. The Morgan fingerprint density at radius 2 is 1.90 bits per heavy atom. The summed E-state index contributed by atoms with van der Waals surface area (Å²) in [6.07, 6.45) is 10.5. The van der Waals surface area contributed by atoms with E-state index in [2.05, 4.69) is 50.9 Å². The Hall–Kier alpha value is -0.860. The van der Waals surface area contributed by atoms with Gasteiger partial charge in [0.2, 0.25) is 0 Å². The van der Waals surface area contributed by atoms with Crippen molar-refractivity contribution in [3.8, 4) is 0 Å². The number of likely N-dealkylation sites (tertiary alicyclic amines) is 1. The van der Waals surface area contributed by atoms with E-state index in [-0.39, 0.29) is 24.0 Å². The fourth-order valence-corrected chi connectivity index (χ4v) is 4.44. The van der Waals surface area contributed by atoms with Gasteiger partial charge in [0.25, 0.3) is 0 Å². The van der Waals surface area contributed by atoms with E-state index >= 15 is 0 Å². The molecule has 1 heterocycles. The van der Waals surface area contributed by atoms with Crippen molar-refractivity contribution in [1.82, 2.24) is 15.5 Å². The van der Waals surface area contributed by atoms with Crippen LogP contribution in [0.5, 0.6) is 0 Å². The van der Waals surface area contributed by atoms with Crippen molar-refractivity contribution in [1.29, 1.82) is 0 Å². The predicted molar refractivity (Wildman–Crippen MR) is 137 cm³/mol. The lowest BCUT2D eigenvalue weighted by Crippen LogP contribution is -2.41. The van der Waals surface area contributed by atoms with Gasteiger partial charge in [0, 0.05) is 39.8 Å². The SMILES string of the molecule is CN=C(NCCCOC1CCCCC1)NCC1CCN(CCc2ccccc2)C1.I. The molecule has 2 aliphatic rings. The summed E-state index contributed by atoms with van der Waals surface area (Å²) in [5.74, 6) is 1.63. The van der Waals surface area contributed by atoms with Crippen LogP contribution in [0.3, 0.4) is 0 Å². The van der Waals surface area contributed by atoms with E-state index in [1.807, 2.05) is 7.05 Å². The number of hydrogen-bond donors (Lipinski definition) is 2. The van der Waals surface area contributed by atoms with E-state index in [0.717, 1.165) is 45.0 Å². The van der Waals surface area contributed by atoms with Crippen molar-refractivity contribution in [2.75, 3.05) is 46.4 Å². The highest BCUT2D eigenvalue weighted by Crippen LogP contribution is 2.20. The van der Waals surface area contributed by atoms with Gasteiger partial charge in [-0.3, -0.25) is 4.99 Å². The smallest absolute Gasteiger partial charge is 0.190 e. The van der Waals surface area contributed by atoms with Crippen molar-refractivity contribution >= 4 is 29.9 Å². The van der Waals surface area contributed by atoms with Crippen LogP contribution in [0.4, 0.5) is 0 Å². The standard InChI is InChI=1S/C24H40N4O.HI/c1-25-24(26-15-8-18-29-23-11-6-3-7-12-23)27-19-22-14-17-28(20-22)16-13-21-9-4-2-5-10-21;/h2,4-5,9-10,22-23H,3,6-8,11-20H2,1H3,(H2,25,26,27);1H. The first kappa shape index (κ1) is 25.4. The number of benzene rings is 1. The van der Waals surface area contributed by atoms with Gasteiger partial charge in [0.1, 0.15) is 0 Å². The molecule has 0 amide bonds. The quantitative estimate of drug-likeness (QED) is 0.208. The minimum absolute atomic E-state index is 0. The lowest BCUT2D eigenvalue weighted by atomic mass is 9.98. The number of halogens is 1. The molecule has 2 fully saturated rings. The Balaban J connectivity index is 0.00000320. The first-order valence-corrected chi connectivity index (χ1v) is 11.7. The van der Waals surface area contributed by atoms with E-state index in [1.165, 1.54) is 57.2 Å². The molecule has 1 saturated heterocycles. The van der Waals surface area contributed by atoms with Crippen LogP contribution in [0.2, 0.25) is 0 Å². The third kappa shape index (κ3) is 9.52. The second kappa shape index (κ2) is 15.0. The molecule has 1 unspecified atom stereocenters. The van der Waals surface area contributed by atoms with Crippen molar-refractivity contribution in [3.05, 3.63) is 35.9 Å². The van der Waals surface area contributed by atoms with Gasteiger partial charge in [-0.25, -0.2) is 0 Å². The fourth-order valence-electron chi connectivity index (χ4n) is 4.44. The molecule has 0 spiro atoms. The predicted octanol–water partition coefficient (Wildman–Crippen LogP) is 4.07. The summed E-state index contributed by atoms with van der Waals surface area (Å²) in [7, 11) is 1.86. The third-order valence-electron chi connectivity index (χ3n) is 6.23. The zero-order chi connectivity index (χ0) is 20.2. The highest BCUT2D eigenvalue weighted by molar-refractivity contribution is 14.0. The molecule has 6 heteroatoms. The molecule has 3 rings (SSSR count). The van der Waals surface area contributed by atoms with Crippen LogP contribution in [0, 0.1) is 5.92 Å². The average molecular weight is 529 g/mol. The van der Waals surface area contributed by atoms with Crippen LogP contribution >= 0.6 is 24.0 Å². The summed E-state index contributed by atoms with van der Waals surface area (Å²) >= 11 is 0. The third-order valence-corrected chi connectivity index (χ3v) is 6.23. The first-order valence-electron chi connectivity index (χ1n) is 11.7. The molecule has 1 aromatic carbocycles. The van der Waals surface area contributed by atoms with Gasteiger partial charge in [-0.2, -0.15) is 0 Å². The molecule has 170 valence electrons. The van der Waals surface area contributed by atoms with Crippen molar-refractivity contribution < 1.29 is 4.74 Å². The Labute approximate surface area is 200 Å². The molecule has 1 aliphatic carbocycles. The van der Waals surface area contributed by atoms with Gasteiger partial charge in [-0.1, -0.05) is 49.6 Å². The Morgan fingerprint density at radius 3 is 2.67 bits per heavy atom. The van der Waals surface area contributed by atoms with Crippen LogP contribution in [0.15, 0.2) is 35.3 Å². The summed E-state index contributed by atoms with van der Waals surface area (Å²) in [5.41, 5.74) is 1.44. The van der Waals surface area contributed by atoms with Crippen molar-refractivity contribution in [2.45, 2.75) is 57.5 Å². The lowest BCUT2D eigenvalue weighted by molar-refractivity contribution is 0.0277. The maximum Gasteiger partial charge on any atom is 0.190 e. The fraction of sp³-hybridized carbons (Fsp3) is 0.708. The Morgan fingerprint density at radius 1 is 1.10 bits per heavy atom. The van der Waals surface area contributed by atoms with Crippen molar-refractivity contribution in [3.63, 3.8) is 0 Å². The molecular formula is C24H41IN4O. The second-order valence-corrected chi connectivity index (χ2v) is 8.56. The maximum absolute atomic E-state index is 6.00. The number of guanidine groups is 1. The molecule has 1 aromatic rings. The van der Waals surface area contributed by atoms with Crippen molar-refractivity contribution in [2.24, 2.45) is 10.9 Å². The van der Waals surface area contributed by atoms with E-state index in [9.17, 15) is 0 Å². The molecule has 0 aromatic heterocycles. The van der Waals surface area contributed by atoms with E-state index < -0.39 is 0 Å². The molecule has 30 heavy (non-hydrogen) atoms. The minimum atomic E-state index is 0. The number of nitrogens with zero attached hydrogens (tertiary/aromatic N) is 2. The summed E-state index contributed by atoms with van der Waals surface area (Å²) in [5, 5.41) is 6.95. The lowest BCUT2D eigenvalue weighted by Gasteiger charge is -2.22. The van der Waals surface area contributed by atoms with Gasteiger partial charge in [-0.05, 0) is 50.1 Å². The summed E-state index contributed by atoms with van der Waals surface area (Å²) in [4.78, 5) is 6.97. The summed E-state index contributed by atoms with van der Waals surface area (Å²) in [6.45, 7) is 6.33. The highest BCUT2D eigenvalue weighted by atomic mass is 127. The van der Waals surface area contributed by atoms with Gasteiger partial charge in [0.05, 0.1) is 6.10 Å². The average Bonchev–Trinajstić information content (AvgIpc) is 3.23. The molecule has 1 saturated carbocycles. The maximum atomic E-state index is 6.00. The Kier molecular flexibility index (Phi) is 12.7. The second-order valence-electron chi connectivity index (χ2n) is 8.56. The van der Waals surface area contributed by atoms with Gasteiger partial charge < -0.3 is 20.3 Å². The zero-order valence-corrected chi connectivity index (χ0v) is 21.0. The van der Waals surface area contributed by atoms with E-state index in [1.54, 1.807) is 0 Å². The monoisotopic (exact) mass is 528 g/mol. The van der Waals surface area contributed by atoms with E-state index in [4.69, 9.17) is 4.74 Å². The van der Waals surface area contributed by atoms with Crippen LogP contribution in [-0.4, -0.2) is 63.3 Å². The topological polar surface area (TPSA) is 48.9 Å². The molecule has 2 N–H and O–H groups in total.